The Hall–Kier alpha value is -3.54. The van der Waals surface area contributed by atoms with Gasteiger partial charge in [0.05, 0.1) is 36.9 Å². The van der Waals surface area contributed by atoms with E-state index in [9.17, 15) is 9.59 Å². The number of carboxylic acids is 1. The van der Waals surface area contributed by atoms with Gasteiger partial charge in [-0.05, 0) is 24.3 Å². The fraction of sp³-hybridized carbons (Fsp3) is 0. The highest BCUT2D eigenvalue weighted by molar-refractivity contribution is 5.85. The molecular weight excluding hydrogens is 312 g/mol. The molecule has 0 amide bonds. The Balaban J connectivity index is 0.000000185. The van der Waals surface area contributed by atoms with E-state index in [0.717, 1.165) is 23.5 Å². The Bertz CT molecular complexity index is 680. The standard InChI is InChI=1S/C7H6O3.C6H6O.C5H4O2/c8-7(9)2-1-6-3-4-10-5-6;1-2-6-3-4-7-5-6;6-3-5-1-2-7-4-5/h1-5H,(H,8,9);2-5H,1H2;1-4H/b2-1+;;. The summed E-state index contributed by atoms with van der Waals surface area (Å²) in [5.41, 5.74) is 2.36. The third kappa shape index (κ3) is 8.04. The molecule has 6 nitrogen and oxygen atoms in total. The summed E-state index contributed by atoms with van der Waals surface area (Å²) in [5, 5.41) is 8.19. The van der Waals surface area contributed by atoms with Crippen molar-refractivity contribution in [2.45, 2.75) is 0 Å². The summed E-state index contributed by atoms with van der Waals surface area (Å²) in [6.07, 6.45) is 14.1. The zero-order chi connectivity index (χ0) is 17.6. The second-order valence-corrected chi connectivity index (χ2v) is 4.16. The minimum Gasteiger partial charge on any atom is -0.478 e. The molecule has 0 aliphatic heterocycles. The van der Waals surface area contributed by atoms with Crippen LogP contribution in [0.15, 0.2) is 81.7 Å². The van der Waals surface area contributed by atoms with Crippen molar-refractivity contribution in [1.29, 1.82) is 0 Å². The Morgan fingerprint density at radius 2 is 1.42 bits per heavy atom. The lowest BCUT2D eigenvalue weighted by atomic mass is 10.3. The normalized spacial score (nSPS) is 9.33. The van der Waals surface area contributed by atoms with E-state index in [1.165, 1.54) is 31.1 Å². The van der Waals surface area contributed by atoms with Gasteiger partial charge in [-0.1, -0.05) is 12.7 Å². The number of furan rings is 3. The summed E-state index contributed by atoms with van der Waals surface area (Å²) >= 11 is 0. The van der Waals surface area contributed by atoms with Crippen molar-refractivity contribution in [3.8, 4) is 0 Å². The molecule has 6 heteroatoms. The highest BCUT2D eigenvalue weighted by atomic mass is 16.4. The van der Waals surface area contributed by atoms with Gasteiger partial charge in [0.2, 0.25) is 0 Å². The molecule has 0 fully saturated rings. The van der Waals surface area contributed by atoms with Gasteiger partial charge in [-0.3, -0.25) is 4.79 Å². The number of aldehydes is 1. The molecule has 124 valence electrons. The van der Waals surface area contributed by atoms with Crippen molar-refractivity contribution in [2.24, 2.45) is 0 Å². The van der Waals surface area contributed by atoms with E-state index >= 15 is 0 Å². The van der Waals surface area contributed by atoms with E-state index in [1.807, 2.05) is 6.07 Å². The minimum atomic E-state index is -0.957. The summed E-state index contributed by atoms with van der Waals surface area (Å²) in [5.74, 6) is -0.957. The van der Waals surface area contributed by atoms with Crippen LogP contribution in [0.3, 0.4) is 0 Å². The van der Waals surface area contributed by atoms with Crippen molar-refractivity contribution in [3.05, 3.63) is 85.1 Å². The summed E-state index contributed by atoms with van der Waals surface area (Å²) in [6, 6.07) is 5.14. The van der Waals surface area contributed by atoms with Crippen LogP contribution < -0.4 is 0 Å². The first-order valence-electron chi connectivity index (χ1n) is 6.71. The zero-order valence-electron chi connectivity index (χ0n) is 12.7. The van der Waals surface area contributed by atoms with Gasteiger partial charge >= 0.3 is 5.97 Å². The summed E-state index contributed by atoms with van der Waals surface area (Å²) < 4.78 is 14.0. The predicted molar refractivity (Wildman–Crippen MR) is 88.3 cm³/mol. The molecular formula is C18H16O6. The Morgan fingerprint density at radius 1 is 0.917 bits per heavy atom. The number of rotatable bonds is 4. The first-order valence-corrected chi connectivity index (χ1v) is 6.71. The van der Waals surface area contributed by atoms with Crippen LogP contribution in [0.1, 0.15) is 21.5 Å². The van der Waals surface area contributed by atoms with Crippen LogP contribution in [0.2, 0.25) is 0 Å². The van der Waals surface area contributed by atoms with Gasteiger partial charge in [0.25, 0.3) is 0 Å². The molecule has 0 bridgehead atoms. The molecule has 24 heavy (non-hydrogen) atoms. The van der Waals surface area contributed by atoms with E-state index in [-0.39, 0.29) is 0 Å². The van der Waals surface area contributed by atoms with Crippen LogP contribution in [0.25, 0.3) is 12.2 Å². The van der Waals surface area contributed by atoms with Gasteiger partial charge in [-0.25, -0.2) is 4.79 Å². The number of carbonyl (C=O) groups excluding carboxylic acids is 1. The van der Waals surface area contributed by atoms with Crippen LogP contribution in [-0.2, 0) is 4.79 Å². The average molecular weight is 328 g/mol. The number of carbonyl (C=O) groups is 2. The topological polar surface area (TPSA) is 93.8 Å². The maximum Gasteiger partial charge on any atom is 0.328 e. The minimum absolute atomic E-state index is 0.583. The molecule has 0 unspecified atom stereocenters. The van der Waals surface area contributed by atoms with Crippen LogP contribution in [0.4, 0.5) is 0 Å². The van der Waals surface area contributed by atoms with Crippen molar-refractivity contribution in [2.75, 3.05) is 0 Å². The number of hydrogen-bond donors (Lipinski definition) is 1. The van der Waals surface area contributed by atoms with E-state index in [0.29, 0.717) is 5.56 Å². The van der Waals surface area contributed by atoms with E-state index in [4.69, 9.17) is 13.9 Å². The lowest BCUT2D eigenvalue weighted by molar-refractivity contribution is -0.131. The van der Waals surface area contributed by atoms with Crippen LogP contribution >= 0.6 is 0 Å². The Morgan fingerprint density at radius 3 is 1.71 bits per heavy atom. The molecule has 0 aliphatic carbocycles. The van der Waals surface area contributed by atoms with Gasteiger partial charge in [0, 0.05) is 17.2 Å². The Kier molecular flexibility index (Phi) is 8.55. The average Bonchev–Trinajstić information content (AvgIpc) is 3.37. The van der Waals surface area contributed by atoms with Gasteiger partial charge in [-0.15, -0.1) is 0 Å². The van der Waals surface area contributed by atoms with E-state index < -0.39 is 5.97 Å². The summed E-state index contributed by atoms with van der Waals surface area (Å²) in [6.45, 7) is 3.54. The van der Waals surface area contributed by atoms with Crippen molar-refractivity contribution in [3.63, 3.8) is 0 Å². The zero-order valence-corrected chi connectivity index (χ0v) is 12.7. The monoisotopic (exact) mass is 328 g/mol. The lowest BCUT2D eigenvalue weighted by Crippen LogP contribution is -1.84. The van der Waals surface area contributed by atoms with Crippen molar-refractivity contribution in [1.82, 2.24) is 0 Å². The second-order valence-electron chi connectivity index (χ2n) is 4.16. The molecule has 0 saturated carbocycles. The summed E-state index contributed by atoms with van der Waals surface area (Å²) in [7, 11) is 0. The summed E-state index contributed by atoms with van der Waals surface area (Å²) in [4.78, 5) is 19.8. The third-order valence-corrected chi connectivity index (χ3v) is 2.42. The molecule has 0 aliphatic rings. The predicted octanol–water partition coefficient (Wildman–Crippen LogP) is 4.39. The van der Waals surface area contributed by atoms with Gasteiger partial charge in [0.15, 0.2) is 6.29 Å². The maximum atomic E-state index is 9.98. The molecule has 0 spiro atoms. The fourth-order valence-electron chi connectivity index (χ4n) is 1.27. The van der Waals surface area contributed by atoms with E-state index in [2.05, 4.69) is 11.0 Å². The largest absolute Gasteiger partial charge is 0.478 e. The SMILES string of the molecule is C=Cc1ccoc1.O=C(O)/C=C/c1ccoc1.O=Cc1ccoc1. The molecule has 3 rings (SSSR count). The highest BCUT2D eigenvalue weighted by Gasteiger charge is 1.88. The molecule has 0 atom stereocenters. The molecule has 3 aromatic heterocycles. The first kappa shape index (κ1) is 18.5. The smallest absolute Gasteiger partial charge is 0.328 e. The van der Waals surface area contributed by atoms with Crippen molar-refractivity contribution < 1.29 is 27.9 Å². The van der Waals surface area contributed by atoms with Crippen LogP contribution in [-0.4, -0.2) is 17.4 Å². The quantitative estimate of drug-likeness (QED) is 0.564. The second kappa shape index (κ2) is 11.1. The van der Waals surface area contributed by atoms with E-state index in [1.54, 1.807) is 30.7 Å². The first-order chi connectivity index (χ1) is 11.7. The number of carboxylic acid groups (broad SMARTS) is 1. The highest BCUT2D eigenvalue weighted by Crippen LogP contribution is 2.01. The molecule has 0 aromatic carbocycles. The molecule has 1 N–H and O–H groups in total. The third-order valence-electron chi connectivity index (χ3n) is 2.42. The maximum absolute atomic E-state index is 9.98. The van der Waals surface area contributed by atoms with Gasteiger partial charge in [0.1, 0.15) is 6.26 Å². The van der Waals surface area contributed by atoms with Crippen LogP contribution in [0.5, 0.6) is 0 Å². The molecule has 0 radical (unpaired) electrons. The van der Waals surface area contributed by atoms with Gasteiger partial charge < -0.3 is 18.4 Å². The molecule has 0 saturated heterocycles. The number of aliphatic carboxylic acids is 1. The Labute approximate surface area is 138 Å². The lowest BCUT2D eigenvalue weighted by Gasteiger charge is -1.77. The van der Waals surface area contributed by atoms with Crippen LogP contribution in [0, 0.1) is 0 Å². The number of hydrogen-bond acceptors (Lipinski definition) is 5. The molecule has 3 heterocycles. The van der Waals surface area contributed by atoms with Gasteiger partial charge in [-0.2, -0.15) is 0 Å². The molecule has 3 aromatic rings. The fourth-order valence-corrected chi connectivity index (χ4v) is 1.27. The van der Waals surface area contributed by atoms with Crippen molar-refractivity contribution >= 4 is 24.4 Å².